The van der Waals surface area contributed by atoms with Gasteiger partial charge in [0.25, 0.3) is 5.91 Å². The fourth-order valence-electron chi connectivity index (χ4n) is 3.20. The molecule has 4 rings (SSSR count). The molecule has 0 aliphatic carbocycles. The number of hydrogen-bond acceptors (Lipinski definition) is 6. The zero-order valence-electron chi connectivity index (χ0n) is 17.7. The molecule has 0 atom stereocenters. The molecule has 0 spiro atoms. The molecular formula is C24H23BrN2O5. The second-order valence-electron chi connectivity index (χ2n) is 7.23. The van der Waals surface area contributed by atoms with Crippen LogP contribution in [0.15, 0.2) is 59.1 Å². The molecule has 0 saturated carbocycles. The lowest BCUT2D eigenvalue weighted by Crippen LogP contribution is -2.20. The van der Waals surface area contributed by atoms with Crippen LogP contribution in [0.2, 0.25) is 0 Å². The lowest BCUT2D eigenvalue weighted by atomic mass is 10.2. The van der Waals surface area contributed by atoms with Crippen LogP contribution in [-0.4, -0.2) is 26.4 Å². The van der Waals surface area contributed by atoms with Crippen molar-refractivity contribution in [2.45, 2.75) is 13.5 Å². The Bertz CT molecular complexity index is 1120. The number of carbonyl (C=O) groups is 1. The third-order valence-corrected chi connectivity index (χ3v) is 5.43. The summed E-state index contributed by atoms with van der Waals surface area (Å²) in [6.07, 6.45) is 0. The lowest BCUT2D eigenvalue weighted by Gasteiger charge is -2.15. The third kappa shape index (κ3) is 5.26. The zero-order chi connectivity index (χ0) is 22.5. The first-order chi connectivity index (χ1) is 15.5. The smallest absolute Gasteiger partial charge is 0.262 e. The number of carbonyl (C=O) groups excluding carboxylic acids is 1. The Morgan fingerprint density at radius 2 is 1.78 bits per heavy atom. The van der Waals surface area contributed by atoms with Crippen molar-refractivity contribution >= 4 is 33.2 Å². The number of aryl methyl sites for hydroxylation is 1. The number of anilines is 2. The van der Waals surface area contributed by atoms with E-state index < -0.39 is 0 Å². The molecule has 0 unspecified atom stereocenters. The summed E-state index contributed by atoms with van der Waals surface area (Å²) in [6.45, 7) is 2.65. The van der Waals surface area contributed by atoms with Crippen LogP contribution < -0.4 is 29.6 Å². The molecule has 32 heavy (non-hydrogen) atoms. The molecule has 0 bridgehead atoms. The number of fused-ring (bicyclic) bond motifs is 1. The predicted octanol–water partition coefficient (Wildman–Crippen LogP) is 5.12. The van der Waals surface area contributed by atoms with E-state index in [4.69, 9.17) is 18.9 Å². The van der Waals surface area contributed by atoms with Crippen molar-refractivity contribution in [3.8, 4) is 23.0 Å². The largest absolute Gasteiger partial charge is 0.493 e. The molecule has 0 saturated heterocycles. The minimum absolute atomic E-state index is 0.141. The number of nitrogens with one attached hydrogen (secondary N) is 2. The van der Waals surface area contributed by atoms with E-state index in [0.717, 1.165) is 34.0 Å². The fraction of sp³-hybridized carbons (Fsp3) is 0.208. The summed E-state index contributed by atoms with van der Waals surface area (Å²) in [5, 5.41) is 6.17. The van der Waals surface area contributed by atoms with Gasteiger partial charge in [-0.15, -0.1) is 0 Å². The van der Waals surface area contributed by atoms with Crippen LogP contribution in [0.1, 0.15) is 11.1 Å². The summed E-state index contributed by atoms with van der Waals surface area (Å²) in [5.41, 5.74) is 3.74. The Balaban J connectivity index is 1.38. The molecule has 0 radical (unpaired) electrons. The van der Waals surface area contributed by atoms with Crippen molar-refractivity contribution in [2.24, 2.45) is 0 Å². The second kappa shape index (κ2) is 9.82. The normalized spacial score (nSPS) is 11.7. The van der Waals surface area contributed by atoms with Crippen LogP contribution in [0, 0.1) is 6.92 Å². The quantitative estimate of drug-likeness (QED) is 0.448. The highest BCUT2D eigenvalue weighted by molar-refractivity contribution is 9.10. The van der Waals surface area contributed by atoms with Crippen molar-refractivity contribution in [2.75, 3.05) is 31.1 Å². The minimum Gasteiger partial charge on any atom is -0.493 e. The summed E-state index contributed by atoms with van der Waals surface area (Å²) < 4.78 is 22.7. The molecule has 3 aromatic carbocycles. The number of ether oxygens (including phenoxy) is 4. The van der Waals surface area contributed by atoms with Crippen LogP contribution in [0.4, 0.5) is 11.4 Å². The molecule has 8 heteroatoms. The molecule has 0 aromatic heterocycles. The van der Waals surface area contributed by atoms with Crippen molar-refractivity contribution in [1.29, 1.82) is 0 Å². The van der Waals surface area contributed by atoms with Gasteiger partial charge in [-0.1, -0.05) is 17.7 Å². The van der Waals surface area contributed by atoms with E-state index in [1.165, 1.54) is 0 Å². The highest BCUT2D eigenvalue weighted by atomic mass is 79.9. The third-order valence-electron chi connectivity index (χ3n) is 4.84. The van der Waals surface area contributed by atoms with Crippen LogP contribution >= 0.6 is 15.9 Å². The summed E-state index contributed by atoms with van der Waals surface area (Å²) in [6, 6.07) is 17.1. The summed E-state index contributed by atoms with van der Waals surface area (Å²) in [7, 11) is 1.57. The lowest BCUT2D eigenvalue weighted by molar-refractivity contribution is -0.118. The van der Waals surface area contributed by atoms with Gasteiger partial charge in [0.15, 0.2) is 29.6 Å². The van der Waals surface area contributed by atoms with E-state index in [2.05, 4.69) is 26.6 Å². The zero-order valence-corrected chi connectivity index (χ0v) is 19.3. The molecule has 1 amide bonds. The molecule has 3 aromatic rings. The van der Waals surface area contributed by atoms with Crippen molar-refractivity contribution in [1.82, 2.24) is 0 Å². The van der Waals surface area contributed by atoms with E-state index in [0.29, 0.717) is 22.5 Å². The van der Waals surface area contributed by atoms with Crippen molar-refractivity contribution in [3.05, 3.63) is 70.2 Å². The highest BCUT2D eigenvalue weighted by Gasteiger charge is 2.15. The number of methoxy groups -OCH3 is 1. The van der Waals surface area contributed by atoms with Gasteiger partial charge >= 0.3 is 0 Å². The Hall–Kier alpha value is -3.39. The van der Waals surface area contributed by atoms with Crippen LogP contribution in [0.5, 0.6) is 23.0 Å². The average Bonchev–Trinajstić information content (AvgIpc) is 3.26. The summed E-state index contributed by atoms with van der Waals surface area (Å²) >= 11 is 3.53. The number of halogens is 1. The first-order valence-corrected chi connectivity index (χ1v) is 10.8. The van der Waals surface area contributed by atoms with Gasteiger partial charge in [-0.25, -0.2) is 0 Å². The van der Waals surface area contributed by atoms with E-state index in [1.807, 2.05) is 61.5 Å². The fourth-order valence-corrected chi connectivity index (χ4v) is 3.80. The first kappa shape index (κ1) is 21.8. The summed E-state index contributed by atoms with van der Waals surface area (Å²) in [5.74, 6) is 2.22. The van der Waals surface area contributed by atoms with Gasteiger partial charge < -0.3 is 29.6 Å². The molecule has 166 valence electrons. The molecule has 1 aliphatic rings. The standard InChI is InChI=1S/C24H23BrN2O5/c1-15-3-5-17(6-4-15)27-23(28)13-30-24-19(25)9-16(10-22(24)29-2)12-26-18-7-8-20-21(11-18)32-14-31-20/h3-11,26H,12-14H2,1-2H3,(H,27,28). The first-order valence-electron chi connectivity index (χ1n) is 10.0. The Morgan fingerprint density at radius 3 is 2.56 bits per heavy atom. The van der Waals surface area contributed by atoms with Gasteiger partial charge in [0, 0.05) is 24.0 Å². The molecule has 2 N–H and O–H groups in total. The molecular weight excluding hydrogens is 476 g/mol. The number of hydrogen-bond donors (Lipinski definition) is 2. The van der Waals surface area contributed by atoms with E-state index in [-0.39, 0.29) is 19.3 Å². The van der Waals surface area contributed by atoms with Gasteiger partial charge in [-0.2, -0.15) is 0 Å². The van der Waals surface area contributed by atoms with Crippen LogP contribution in [0.3, 0.4) is 0 Å². The van der Waals surface area contributed by atoms with Crippen LogP contribution in [0.25, 0.3) is 0 Å². The van der Waals surface area contributed by atoms with Gasteiger partial charge in [0.2, 0.25) is 6.79 Å². The highest BCUT2D eigenvalue weighted by Crippen LogP contribution is 2.37. The molecule has 1 heterocycles. The molecule has 7 nitrogen and oxygen atoms in total. The van der Waals surface area contributed by atoms with E-state index in [9.17, 15) is 4.79 Å². The number of amides is 1. The summed E-state index contributed by atoms with van der Waals surface area (Å²) in [4.78, 5) is 12.3. The maximum Gasteiger partial charge on any atom is 0.262 e. The molecule has 1 aliphatic heterocycles. The maximum atomic E-state index is 12.3. The maximum absolute atomic E-state index is 12.3. The minimum atomic E-state index is -0.253. The van der Waals surface area contributed by atoms with Gasteiger partial charge in [-0.3, -0.25) is 4.79 Å². The SMILES string of the molecule is COc1cc(CNc2ccc3c(c2)OCO3)cc(Br)c1OCC(=O)Nc1ccc(C)cc1. The van der Waals surface area contributed by atoms with E-state index in [1.54, 1.807) is 7.11 Å². The number of benzene rings is 3. The Labute approximate surface area is 194 Å². The van der Waals surface area contributed by atoms with Gasteiger partial charge in [0.1, 0.15) is 0 Å². The van der Waals surface area contributed by atoms with Crippen molar-refractivity contribution in [3.63, 3.8) is 0 Å². The van der Waals surface area contributed by atoms with Crippen LogP contribution in [-0.2, 0) is 11.3 Å². The number of rotatable bonds is 8. The van der Waals surface area contributed by atoms with Gasteiger partial charge in [-0.05, 0) is 64.8 Å². The Morgan fingerprint density at radius 1 is 1.03 bits per heavy atom. The monoisotopic (exact) mass is 498 g/mol. The average molecular weight is 499 g/mol. The van der Waals surface area contributed by atoms with Gasteiger partial charge in [0.05, 0.1) is 11.6 Å². The predicted molar refractivity (Wildman–Crippen MR) is 126 cm³/mol. The second-order valence-corrected chi connectivity index (χ2v) is 8.09. The topological polar surface area (TPSA) is 78.1 Å². The molecule has 0 fully saturated rings. The Kier molecular flexibility index (Phi) is 6.70. The van der Waals surface area contributed by atoms with Crippen molar-refractivity contribution < 1.29 is 23.7 Å². The van der Waals surface area contributed by atoms with E-state index >= 15 is 0 Å².